The fourth-order valence-electron chi connectivity index (χ4n) is 2.04. The van der Waals surface area contributed by atoms with Crippen LogP contribution < -0.4 is 0 Å². The number of ether oxygens (including phenoxy) is 1. The lowest BCUT2D eigenvalue weighted by Crippen LogP contribution is -2.42. The van der Waals surface area contributed by atoms with Crippen LogP contribution in [0.2, 0.25) is 0 Å². The van der Waals surface area contributed by atoms with Crippen LogP contribution in [0, 0.1) is 5.92 Å². The number of carbonyl (C=O) groups excluding carboxylic acids is 1. The third-order valence-electron chi connectivity index (χ3n) is 2.62. The molecule has 1 fully saturated rings. The molecular weight excluding hydrogens is 178 g/mol. The van der Waals surface area contributed by atoms with Crippen molar-refractivity contribution in [2.75, 3.05) is 13.6 Å². The molecule has 1 aliphatic rings. The van der Waals surface area contributed by atoms with Gasteiger partial charge >= 0.3 is 5.97 Å². The fraction of sp³-hybridized carbons (Fsp3) is 0.909. The standard InChI is InChI=1S/C11H21NO2/c1-8(2)7-12(4)10-5-9(3)14-11(13)6-10/h8-10H,5-7H2,1-4H3. The van der Waals surface area contributed by atoms with Gasteiger partial charge in [-0.05, 0) is 19.9 Å². The molecule has 1 aliphatic heterocycles. The average molecular weight is 199 g/mol. The first-order valence-corrected chi connectivity index (χ1v) is 5.38. The summed E-state index contributed by atoms with van der Waals surface area (Å²) in [5.74, 6) is 0.595. The molecule has 0 aromatic carbocycles. The van der Waals surface area contributed by atoms with E-state index < -0.39 is 0 Å². The summed E-state index contributed by atoms with van der Waals surface area (Å²) in [6.07, 6.45) is 1.60. The summed E-state index contributed by atoms with van der Waals surface area (Å²) in [6, 6.07) is 0.369. The number of hydrogen-bond donors (Lipinski definition) is 0. The van der Waals surface area contributed by atoms with Crippen molar-refractivity contribution >= 4 is 5.97 Å². The highest BCUT2D eigenvalue weighted by Crippen LogP contribution is 2.19. The van der Waals surface area contributed by atoms with E-state index in [-0.39, 0.29) is 12.1 Å². The number of carbonyl (C=O) groups is 1. The van der Waals surface area contributed by atoms with Gasteiger partial charge in [0.2, 0.25) is 0 Å². The molecule has 0 radical (unpaired) electrons. The van der Waals surface area contributed by atoms with Gasteiger partial charge < -0.3 is 9.64 Å². The third kappa shape index (κ3) is 3.29. The zero-order chi connectivity index (χ0) is 10.7. The lowest BCUT2D eigenvalue weighted by atomic mass is 10.0. The number of esters is 1. The lowest BCUT2D eigenvalue weighted by Gasteiger charge is -2.34. The van der Waals surface area contributed by atoms with Crippen molar-refractivity contribution in [2.24, 2.45) is 5.92 Å². The molecule has 0 bridgehead atoms. The van der Waals surface area contributed by atoms with E-state index in [1.807, 2.05) is 6.92 Å². The maximum atomic E-state index is 11.2. The number of cyclic esters (lactones) is 1. The number of hydrogen-bond acceptors (Lipinski definition) is 3. The van der Waals surface area contributed by atoms with E-state index in [9.17, 15) is 4.79 Å². The smallest absolute Gasteiger partial charge is 0.307 e. The van der Waals surface area contributed by atoms with Crippen LogP contribution in [0.5, 0.6) is 0 Å². The maximum Gasteiger partial charge on any atom is 0.307 e. The normalized spacial score (nSPS) is 28.3. The Labute approximate surface area is 86.4 Å². The SMILES string of the molecule is CC(C)CN(C)C1CC(=O)OC(C)C1. The van der Waals surface area contributed by atoms with Crippen molar-refractivity contribution in [1.29, 1.82) is 0 Å². The van der Waals surface area contributed by atoms with E-state index in [1.54, 1.807) is 0 Å². The second-order valence-electron chi connectivity index (χ2n) is 4.73. The number of nitrogens with zero attached hydrogens (tertiary/aromatic N) is 1. The van der Waals surface area contributed by atoms with E-state index in [1.165, 1.54) is 0 Å². The Morgan fingerprint density at radius 1 is 1.57 bits per heavy atom. The summed E-state index contributed by atoms with van der Waals surface area (Å²) >= 11 is 0. The molecular formula is C11H21NO2. The summed E-state index contributed by atoms with van der Waals surface area (Å²) in [6.45, 7) is 7.40. The molecule has 3 nitrogen and oxygen atoms in total. The topological polar surface area (TPSA) is 29.5 Å². The van der Waals surface area contributed by atoms with Gasteiger partial charge in [0.15, 0.2) is 0 Å². The quantitative estimate of drug-likeness (QED) is 0.647. The molecule has 0 aromatic heterocycles. The summed E-state index contributed by atoms with van der Waals surface area (Å²) in [5, 5.41) is 0. The second-order valence-corrected chi connectivity index (χ2v) is 4.73. The molecule has 82 valence electrons. The van der Waals surface area contributed by atoms with Gasteiger partial charge in [0, 0.05) is 19.0 Å². The fourth-order valence-corrected chi connectivity index (χ4v) is 2.04. The minimum absolute atomic E-state index is 0.0515. The van der Waals surface area contributed by atoms with E-state index in [2.05, 4.69) is 25.8 Å². The van der Waals surface area contributed by atoms with Crippen molar-refractivity contribution in [3.63, 3.8) is 0 Å². The monoisotopic (exact) mass is 199 g/mol. The van der Waals surface area contributed by atoms with E-state index >= 15 is 0 Å². The molecule has 2 atom stereocenters. The van der Waals surface area contributed by atoms with Crippen LogP contribution in [0.4, 0.5) is 0 Å². The first kappa shape index (κ1) is 11.5. The summed E-state index contributed by atoms with van der Waals surface area (Å²) in [5.41, 5.74) is 0. The summed E-state index contributed by atoms with van der Waals surface area (Å²) in [4.78, 5) is 13.5. The first-order valence-electron chi connectivity index (χ1n) is 5.38. The van der Waals surface area contributed by atoms with Crippen molar-refractivity contribution in [3.8, 4) is 0 Å². The molecule has 1 heterocycles. The van der Waals surface area contributed by atoms with Crippen LogP contribution in [0.25, 0.3) is 0 Å². The van der Waals surface area contributed by atoms with Crippen LogP contribution in [0.15, 0.2) is 0 Å². The van der Waals surface area contributed by atoms with Gasteiger partial charge in [-0.15, -0.1) is 0 Å². The highest BCUT2D eigenvalue weighted by Gasteiger charge is 2.28. The Morgan fingerprint density at radius 2 is 2.21 bits per heavy atom. The van der Waals surface area contributed by atoms with Crippen LogP contribution in [-0.4, -0.2) is 36.6 Å². The molecule has 0 aliphatic carbocycles. The zero-order valence-electron chi connectivity index (χ0n) is 9.62. The minimum Gasteiger partial charge on any atom is -0.463 e. The van der Waals surface area contributed by atoms with E-state index in [0.717, 1.165) is 13.0 Å². The molecule has 3 heteroatoms. The largest absolute Gasteiger partial charge is 0.463 e. The Kier molecular flexibility index (Phi) is 3.93. The Bertz CT molecular complexity index is 203. The van der Waals surface area contributed by atoms with E-state index in [0.29, 0.717) is 18.4 Å². The molecule has 0 aromatic rings. The molecule has 1 rings (SSSR count). The summed E-state index contributed by atoms with van der Waals surface area (Å²) < 4.78 is 5.11. The van der Waals surface area contributed by atoms with Crippen LogP contribution in [0.1, 0.15) is 33.6 Å². The van der Waals surface area contributed by atoms with Gasteiger partial charge in [0.05, 0.1) is 6.42 Å². The molecule has 0 spiro atoms. The van der Waals surface area contributed by atoms with Gasteiger partial charge in [0.25, 0.3) is 0 Å². The Morgan fingerprint density at radius 3 is 2.71 bits per heavy atom. The molecule has 2 unspecified atom stereocenters. The van der Waals surface area contributed by atoms with Crippen LogP contribution >= 0.6 is 0 Å². The number of rotatable bonds is 3. The van der Waals surface area contributed by atoms with Gasteiger partial charge in [-0.2, -0.15) is 0 Å². The average Bonchev–Trinajstić information content (AvgIpc) is 2.00. The molecule has 0 saturated carbocycles. The molecule has 0 N–H and O–H groups in total. The van der Waals surface area contributed by atoms with Crippen molar-refractivity contribution in [2.45, 2.75) is 45.8 Å². The van der Waals surface area contributed by atoms with Crippen LogP contribution in [0.3, 0.4) is 0 Å². The van der Waals surface area contributed by atoms with Crippen molar-refractivity contribution < 1.29 is 9.53 Å². The zero-order valence-corrected chi connectivity index (χ0v) is 9.62. The Balaban J connectivity index is 2.46. The van der Waals surface area contributed by atoms with Gasteiger partial charge in [-0.1, -0.05) is 13.8 Å². The van der Waals surface area contributed by atoms with Crippen molar-refractivity contribution in [1.82, 2.24) is 4.90 Å². The third-order valence-corrected chi connectivity index (χ3v) is 2.62. The molecule has 14 heavy (non-hydrogen) atoms. The predicted octanol–water partition coefficient (Wildman–Crippen LogP) is 1.67. The molecule has 1 saturated heterocycles. The highest BCUT2D eigenvalue weighted by molar-refractivity contribution is 5.71. The lowest BCUT2D eigenvalue weighted by molar-refractivity contribution is -0.156. The second kappa shape index (κ2) is 4.78. The summed E-state index contributed by atoms with van der Waals surface area (Å²) in [7, 11) is 2.09. The Hall–Kier alpha value is -0.570. The predicted molar refractivity (Wildman–Crippen MR) is 56.0 cm³/mol. The van der Waals surface area contributed by atoms with Crippen LogP contribution in [-0.2, 0) is 9.53 Å². The minimum atomic E-state index is -0.0515. The highest BCUT2D eigenvalue weighted by atomic mass is 16.5. The van der Waals surface area contributed by atoms with E-state index in [4.69, 9.17) is 4.74 Å². The van der Waals surface area contributed by atoms with Crippen molar-refractivity contribution in [3.05, 3.63) is 0 Å². The van der Waals surface area contributed by atoms with Gasteiger partial charge in [0.1, 0.15) is 6.10 Å². The first-order chi connectivity index (χ1) is 6.49. The maximum absolute atomic E-state index is 11.2. The molecule has 0 amide bonds. The van der Waals surface area contributed by atoms with Gasteiger partial charge in [-0.3, -0.25) is 4.79 Å². The van der Waals surface area contributed by atoms with Gasteiger partial charge in [-0.25, -0.2) is 0 Å².